The van der Waals surface area contributed by atoms with Gasteiger partial charge in [0.05, 0.1) is 5.69 Å². The Hall–Kier alpha value is -1.52. The van der Waals surface area contributed by atoms with Gasteiger partial charge in [-0.05, 0) is 58.2 Å². The summed E-state index contributed by atoms with van der Waals surface area (Å²) in [7, 11) is 0. The van der Waals surface area contributed by atoms with Crippen LogP contribution in [0.25, 0.3) is 11.0 Å². The van der Waals surface area contributed by atoms with Gasteiger partial charge < -0.3 is 10.3 Å². The minimum absolute atomic E-state index is 0.712. The number of nitrogens with one attached hydrogen (secondary N) is 2. The third-order valence-corrected chi connectivity index (χ3v) is 4.32. The third-order valence-electron chi connectivity index (χ3n) is 3.25. The molecule has 0 saturated heterocycles. The molecule has 0 bridgehead atoms. The number of halogens is 2. The van der Waals surface area contributed by atoms with Crippen LogP contribution in [0.1, 0.15) is 11.1 Å². The number of hydrogen-bond donors (Lipinski definition) is 2. The van der Waals surface area contributed by atoms with Crippen LogP contribution < -0.4 is 5.32 Å². The summed E-state index contributed by atoms with van der Waals surface area (Å²) in [5.41, 5.74) is 4.13. The maximum absolute atomic E-state index is 6.16. The van der Waals surface area contributed by atoms with Crippen LogP contribution >= 0.6 is 27.5 Å². The number of anilines is 1. The molecule has 0 aliphatic rings. The van der Waals surface area contributed by atoms with E-state index in [1.54, 1.807) is 6.20 Å². The van der Waals surface area contributed by atoms with Crippen molar-refractivity contribution in [3.63, 3.8) is 0 Å². The predicted octanol–water partition coefficient (Wildman–Crippen LogP) is 4.90. The summed E-state index contributed by atoms with van der Waals surface area (Å²) in [4.78, 5) is 7.46. The second-order valence-electron chi connectivity index (χ2n) is 4.65. The molecule has 0 saturated carbocycles. The SMILES string of the molecule is Cc1cc(Br)c(NCc2c[nH]c3ncccc23)cc1Cl. The lowest BCUT2D eigenvalue weighted by Gasteiger charge is -2.10. The first-order valence-corrected chi connectivity index (χ1v) is 7.43. The van der Waals surface area contributed by atoms with Crippen molar-refractivity contribution in [2.45, 2.75) is 13.5 Å². The van der Waals surface area contributed by atoms with Gasteiger partial charge in [-0.2, -0.15) is 0 Å². The first-order valence-electron chi connectivity index (χ1n) is 6.25. The first kappa shape index (κ1) is 13.5. The molecule has 0 spiro atoms. The zero-order chi connectivity index (χ0) is 14.1. The Labute approximate surface area is 130 Å². The molecule has 5 heteroatoms. The molecule has 2 aromatic heterocycles. The zero-order valence-electron chi connectivity index (χ0n) is 10.9. The summed E-state index contributed by atoms with van der Waals surface area (Å²) in [6, 6.07) is 7.96. The molecule has 2 N–H and O–H groups in total. The van der Waals surface area contributed by atoms with Crippen molar-refractivity contribution in [3.05, 3.63) is 57.3 Å². The highest BCUT2D eigenvalue weighted by molar-refractivity contribution is 9.10. The van der Waals surface area contributed by atoms with Gasteiger partial charge in [-0.15, -0.1) is 0 Å². The number of aryl methyl sites for hydroxylation is 1. The summed E-state index contributed by atoms with van der Waals surface area (Å²) in [6.07, 6.45) is 3.76. The lowest BCUT2D eigenvalue weighted by atomic mass is 10.2. The van der Waals surface area contributed by atoms with Crippen molar-refractivity contribution in [2.24, 2.45) is 0 Å². The Bertz CT molecular complexity index is 767. The monoisotopic (exact) mass is 349 g/mol. The predicted molar refractivity (Wildman–Crippen MR) is 87.3 cm³/mol. The van der Waals surface area contributed by atoms with Crippen molar-refractivity contribution in [1.82, 2.24) is 9.97 Å². The molecular formula is C15H13BrClN3. The molecule has 0 fully saturated rings. The average Bonchev–Trinajstić information content (AvgIpc) is 2.85. The Kier molecular flexibility index (Phi) is 3.68. The lowest BCUT2D eigenvalue weighted by molar-refractivity contribution is 1.16. The largest absolute Gasteiger partial charge is 0.380 e. The van der Waals surface area contributed by atoms with E-state index in [2.05, 4.69) is 37.3 Å². The summed E-state index contributed by atoms with van der Waals surface area (Å²) in [5, 5.41) is 5.29. The van der Waals surface area contributed by atoms with Gasteiger partial charge in [0, 0.05) is 33.8 Å². The van der Waals surface area contributed by atoms with E-state index in [1.807, 2.05) is 31.3 Å². The van der Waals surface area contributed by atoms with Crippen LogP contribution in [0.3, 0.4) is 0 Å². The molecule has 20 heavy (non-hydrogen) atoms. The van der Waals surface area contributed by atoms with Crippen molar-refractivity contribution in [2.75, 3.05) is 5.32 Å². The fourth-order valence-electron chi connectivity index (χ4n) is 2.13. The number of fused-ring (bicyclic) bond motifs is 1. The maximum atomic E-state index is 6.16. The van der Waals surface area contributed by atoms with Gasteiger partial charge in [0.15, 0.2) is 0 Å². The minimum atomic E-state index is 0.712. The van der Waals surface area contributed by atoms with E-state index in [0.717, 1.165) is 31.8 Å². The van der Waals surface area contributed by atoms with Crippen molar-refractivity contribution in [3.8, 4) is 0 Å². The Balaban J connectivity index is 1.85. The standard InChI is InChI=1S/C15H13BrClN3/c1-9-5-12(16)14(6-13(9)17)19-7-10-8-20-15-11(10)3-2-4-18-15/h2-6,8,19H,7H2,1H3,(H,18,20). The van der Waals surface area contributed by atoms with E-state index >= 15 is 0 Å². The fraction of sp³-hybridized carbons (Fsp3) is 0.133. The molecule has 3 rings (SSSR count). The number of pyridine rings is 1. The van der Waals surface area contributed by atoms with E-state index in [9.17, 15) is 0 Å². The molecule has 0 atom stereocenters. The molecule has 0 amide bonds. The molecule has 102 valence electrons. The van der Waals surface area contributed by atoms with Crippen LogP contribution in [0.15, 0.2) is 41.1 Å². The van der Waals surface area contributed by atoms with E-state index < -0.39 is 0 Å². The minimum Gasteiger partial charge on any atom is -0.380 e. The highest BCUT2D eigenvalue weighted by Gasteiger charge is 2.07. The topological polar surface area (TPSA) is 40.7 Å². The highest BCUT2D eigenvalue weighted by atomic mass is 79.9. The van der Waals surface area contributed by atoms with Gasteiger partial charge in [0.2, 0.25) is 0 Å². The van der Waals surface area contributed by atoms with Gasteiger partial charge in [0.1, 0.15) is 5.65 Å². The van der Waals surface area contributed by atoms with Crippen LogP contribution in [-0.2, 0) is 6.54 Å². The lowest BCUT2D eigenvalue weighted by Crippen LogP contribution is -2.00. The van der Waals surface area contributed by atoms with Gasteiger partial charge in [-0.3, -0.25) is 0 Å². The number of aromatic amines is 1. The molecule has 2 heterocycles. The number of nitrogens with zero attached hydrogens (tertiary/aromatic N) is 1. The third kappa shape index (κ3) is 2.53. The molecule has 0 radical (unpaired) electrons. The quantitative estimate of drug-likeness (QED) is 0.705. The van der Waals surface area contributed by atoms with E-state index in [1.165, 1.54) is 5.56 Å². The Morgan fingerprint density at radius 2 is 2.25 bits per heavy atom. The number of benzene rings is 1. The summed E-state index contributed by atoms with van der Waals surface area (Å²) in [6.45, 7) is 2.70. The smallest absolute Gasteiger partial charge is 0.137 e. The van der Waals surface area contributed by atoms with E-state index in [0.29, 0.717) is 6.54 Å². The Morgan fingerprint density at radius 1 is 1.40 bits per heavy atom. The molecular weight excluding hydrogens is 338 g/mol. The molecule has 3 nitrogen and oxygen atoms in total. The zero-order valence-corrected chi connectivity index (χ0v) is 13.2. The van der Waals surface area contributed by atoms with Crippen LogP contribution in [-0.4, -0.2) is 9.97 Å². The number of H-pyrrole nitrogens is 1. The van der Waals surface area contributed by atoms with Gasteiger partial charge >= 0.3 is 0 Å². The van der Waals surface area contributed by atoms with Crippen LogP contribution in [0, 0.1) is 6.92 Å². The first-order chi connectivity index (χ1) is 9.65. The molecule has 0 unspecified atom stereocenters. The van der Waals surface area contributed by atoms with Crippen LogP contribution in [0.2, 0.25) is 5.02 Å². The molecule has 3 aromatic rings. The second-order valence-corrected chi connectivity index (χ2v) is 5.91. The fourth-order valence-corrected chi connectivity index (χ4v) is 2.89. The van der Waals surface area contributed by atoms with Crippen LogP contribution in [0.5, 0.6) is 0 Å². The van der Waals surface area contributed by atoms with Gasteiger partial charge in [0.25, 0.3) is 0 Å². The molecule has 0 aliphatic carbocycles. The number of aromatic nitrogens is 2. The number of hydrogen-bond acceptors (Lipinski definition) is 2. The summed E-state index contributed by atoms with van der Waals surface area (Å²) in [5.74, 6) is 0. The van der Waals surface area contributed by atoms with Gasteiger partial charge in [-0.25, -0.2) is 4.98 Å². The average molecular weight is 351 g/mol. The van der Waals surface area contributed by atoms with Crippen molar-refractivity contribution < 1.29 is 0 Å². The summed E-state index contributed by atoms with van der Waals surface area (Å²) < 4.78 is 1.01. The maximum Gasteiger partial charge on any atom is 0.137 e. The normalized spacial score (nSPS) is 10.9. The second kappa shape index (κ2) is 5.46. The summed E-state index contributed by atoms with van der Waals surface area (Å²) >= 11 is 9.72. The van der Waals surface area contributed by atoms with E-state index in [4.69, 9.17) is 11.6 Å². The number of rotatable bonds is 3. The van der Waals surface area contributed by atoms with Crippen molar-refractivity contribution >= 4 is 44.3 Å². The van der Waals surface area contributed by atoms with E-state index in [-0.39, 0.29) is 0 Å². The van der Waals surface area contributed by atoms with Gasteiger partial charge in [-0.1, -0.05) is 11.6 Å². The Morgan fingerprint density at radius 3 is 3.10 bits per heavy atom. The van der Waals surface area contributed by atoms with Crippen molar-refractivity contribution in [1.29, 1.82) is 0 Å². The highest BCUT2D eigenvalue weighted by Crippen LogP contribution is 2.30. The van der Waals surface area contributed by atoms with Crippen LogP contribution in [0.4, 0.5) is 5.69 Å². The molecule has 1 aromatic carbocycles. The molecule has 0 aliphatic heterocycles.